The van der Waals surface area contributed by atoms with Crippen molar-refractivity contribution in [2.75, 3.05) is 26.6 Å². The number of carbonyl (C=O) groups is 2. The first-order valence-electron chi connectivity index (χ1n) is 9.24. The van der Waals surface area contributed by atoms with Gasteiger partial charge in [-0.2, -0.15) is 9.97 Å². The van der Waals surface area contributed by atoms with E-state index in [9.17, 15) is 22.4 Å². The topological polar surface area (TPSA) is 179 Å². The molecule has 33 heavy (non-hydrogen) atoms. The van der Waals surface area contributed by atoms with Gasteiger partial charge in [0.25, 0.3) is 10.0 Å². The van der Waals surface area contributed by atoms with Gasteiger partial charge in [-0.15, -0.1) is 0 Å². The van der Waals surface area contributed by atoms with Crippen LogP contribution in [0.1, 0.15) is 12.1 Å². The Morgan fingerprint density at radius 1 is 1.18 bits per heavy atom. The molecule has 0 fully saturated rings. The summed E-state index contributed by atoms with van der Waals surface area (Å²) in [5.41, 5.74) is -0.204. The molecule has 3 N–H and O–H groups in total. The molecule has 0 aromatic carbocycles. The lowest BCUT2D eigenvalue weighted by atomic mass is 10.1. The number of carbonyl (C=O) groups excluding carboxylic acids is 1. The third kappa shape index (κ3) is 7.21. The number of alkyl halides is 1. The van der Waals surface area contributed by atoms with E-state index >= 15 is 0 Å². The first-order chi connectivity index (χ1) is 15.6. The van der Waals surface area contributed by atoms with E-state index in [0.29, 0.717) is 0 Å². The van der Waals surface area contributed by atoms with Gasteiger partial charge >= 0.3 is 12.0 Å². The molecule has 180 valence electrons. The summed E-state index contributed by atoms with van der Waals surface area (Å²) in [5.74, 6) is -1.55. The smallest absolute Gasteiger partial charge is 0.335 e. The largest absolute Gasteiger partial charge is 0.481 e. The predicted molar refractivity (Wildman–Crippen MR) is 110 cm³/mol. The van der Waals surface area contributed by atoms with Crippen molar-refractivity contribution in [2.24, 2.45) is 0 Å². The number of hydrogen-bond donors (Lipinski definition) is 3. The van der Waals surface area contributed by atoms with Gasteiger partial charge < -0.3 is 19.3 Å². The number of anilines is 1. The average Bonchev–Trinajstić information content (AvgIpc) is 2.76. The number of aliphatic carboxylic acids is 1. The van der Waals surface area contributed by atoms with Crippen molar-refractivity contribution in [3.63, 3.8) is 0 Å². The maximum Gasteiger partial charge on any atom is 0.335 e. The second-order valence-corrected chi connectivity index (χ2v) is 8.03. The van der Waals surface area contributed by atoms with Gasteiger partial charge in [-0.3, -0.25) is 10.3 Å². The fourth-order valence-corrected chi connectivity index (χ4v) is 3.73. The van der Waals surface area contributed by atoms with Gasteiger partial charge in [-0.05, 0) is 12.1 Å². The Kier molecular flexibility index (Phi) is 8.81. The molecular formula is C18H22FN5O8S. The Morgan fingerprint density at radius 3 is 2.36 bits per heavy atom. The molecule has 15 heteroatoms. The summed E-state index contributed by atoms with van der Waals surface area (Å²) >= 11 is 0. The predicted octanol–water partition coefficient (Wildman–Crippen LogP) is 0.769. The number of methoxy groups -OCH3 is 3. The number of carboxylic acid groups (broad SMARTS) is 1. The SMILES string of the molecule is COc1cc(OC)nc(NC(=O)NS(=O)(=O)c2cccnc2C[C@@H](F)CC(OC)C(=O)O)n1. The standard InChI is InChI=1S/C18H22FN5O8S/c1-30-12(16(25)26)8-10(19)7-11-13(5-4-6-20-11)33(28,29)24-18(27)23-17-21-14(31-2)9-15(22-17)32-3/h4-6,9-10,12H,7-8H2,1-3H3,(H,25,26)(H2,21,22,23,24,27)/t10-,12?/m1/s1. The van der Waals surface area contributed by atoms with Crippen LogP contribution in [-0.4, -0.2) is 74.1 Å². The van der Waals surface area contributed by atoms with E-state index in [1.807, 2.05) is 0 Å². The van der Waals surface area contributed by atoms with E-state index in [-0.39, 0.29) is 23.4 Å². The van der Waals surface area contributed by atoms with Gasteiger partial charge in [-0.1, -0.05) is 0 Å². The number of sulfonamides is 1. The number of carboxylic acids is 1. The lowest BCUT2D eigenvalue weighted by Crippen LogP contribution is -2.35. The Hall–Kier alpha value is -3.59. The van der Waals surface area contributed by atoms with Crippen LogP contribution in [0.5, 0.6) is 11.8 Å². The number of aromatic nitrogens is 3. The summed E-state index contributed by atoms with van der Waals surface area (Å²) in [4.78, 5) is 34.4. The van der Waals surface area contributed by atoms with Crippen LogP contribution in [-0.2, 0) is 26.0 Å². The highest BCUT2D eigenvalue weighted by atomic mass is 32.2. The number of ether oxygens (including phenoxy) is 3. The summed E-state index contributed by atoms with van der Waals surface area (Å²) in [5, 5.41) is 11.1. The van der Waals surface area contributed by atoms with Crippen LogP contribution in [0.2, 0.25) is 0 Å². The van der Waals surface area contributed by atoms with Crippen LogP contribution < -0.4 is 19.5 Å². The number of urea groups is 1. The summed E-state index contributed by atoms with van der Waals surface area (Å²) in [6.07, 6.45) is -3.00. The van der Waals surface area contributed by atoms with Crippen LogP contribution in [0, 0.1) is 0 Å². The molecule has 0 spiro atoms. The molecule has 0 aliphatic rings. The van der Waals surface area contributed by atoms with Crippen LogP contribution in [0.25, 0.3) is 0 Å². The molecular weight excluding hydrogens is 465 g/mol. The highest BCUT2D eigenvalue weighted by Gasteiger charge is 2.27. The second-order valence-electron chi connectivity index (χ2n) is 6.38. The number of amides is 2. The molecule has 2 rings (SSSR count). The minimum Gasteiger partial charge on any atom is -0.481 e. The number of rotatable bonds is 11. The van der Waals surface area contributed by atoms with Gasteiger partial charge in [0.15, 0.2) is 6.10 Å². The van der Waals surface area contributed by atoms with Crippen molar-refractivity contribution in [1.82, 2.24) is 19.7 Å². The Morgan fingerprint density at radius 2 is 1.82 bits per heavy atom. The summed E-state index contributed by atoms with van der Waals surface area (Å²) in [7, 11) is -0.731. The first kappa shape index (κ1) is 25.7. The third-order valence-electron chi connectivity index (χ3n) is 4.13. The molecule has 0 saturated heterocycles. The van der Waals surface area contributed by atoms with Gasteiger partial charge in [0.1, 0.15) is 11.1 Å². The minimum absolute atomic E-state index is 0.0549. The van der Waals surface area contributed by atoms with E-state index in [0.717, 1.165) is 13.2 Å². The molecule has 2 aromatic rings. The van der Waals surface area contributed by atoms with E-state index in [1.165, 1.54) is 32.5 Å². The van der Waals surface area contributed by atoms with Crippen LogP contribution >= 0.6 is 0 Å². The molecule has 0 saturated carbocycles. The van der Waals surface area contributed by atoms with Gasteiger partial charge in [0.2, 0.25) is 17.7 Å². The van der Waals surface area contributed by atoms with Crippen molar-refractivity contribution in [3.8, 4) is 11.8 Å². The molecule has 2 heterocycles. The fourth-order valence-electron chi connectivity index (χ4n) is 2.62. The maximum absolute atomic E-state index is 14.4. The number of pyridine rings is 1. The van der Waals surface area contributed by atoms with E-state index in [1.54, 1.807) is 4.72 Å². The Balaban J connectivity index is 2.17. The van der Waals surface area contributed by atoms with Gasteiger partial charge in [0.05, 0.1) is 26.0 Å². The summed E-state index contributed by atoms with van der Waals surface area (Å²) in [6.45, 7) is 0. The molecule has 1 unspecified atom stereocenters. The average molecular weight is 487 g/mol. The number of nitrogens with one attached hydrogen (secondary N) is 2. The second kappa shape index (κ2) is 11.3. The van der Waals surface area contributed by atoms with E-state index in [2.05, 4.69) is 25.0 Å². The molecule has 2 atom stereocenters. The van der Waals surface area contributed by atoms with Crippen LogP contribution in [0.15, 0.2) is 29.3 Å². The van der Waals surface area contributed by atoms with Crippen molar-refractivity contribution < 1.29 is 41.7 Å². The zero-order valence-electron chi connectivity index (χ0n) is 17.8. The zero-order valence-corrected chi connectivity index (χ0v) is 18.6. The fraction of sp³-hybridized carbons (Fsp3) is 0.389. The van der Waals surface area contributed by atoms with E-state index < -0.39 is 52.0 Å². The van der Waals surface area contributed by atoms with Crippen molar-refractivity contribution in [1.29, 1.82) is 0 Å². The zero-order chi connectivity index (χ0) is 24.6. The maximum atomic E-state index is 14.4. The van der Waals surface area contributed by atoms with Gasteiger partial charge in [-0.25, -0.2) is 27.1 Å². The highest BCUT2D eigenvalue weighted by molar-refractivity contribution is 7.90. The quantitative estimate of drug-likeness (QED) is 0.407. The Bertz CT molecular complexity index is 1080. The summed E-state index contributed by atoms with van der Waals surface area (Å²) in [6, 6.07) is 2.55. The molecule has 0 bridgehead atoms. The lowest BCUT2D eigenvalue weighted by Gasteiger charge is -2.15. The van der Waals surface area contributed by atoms with Crippen molar-refractivity contribution in [2.45, 2.75) is 30.0 Å². The van der Waals surface area contributed by atoms with Crippen LogP contribution in [0.4, 0.5) is 15.1 Å². The molecule has 0 radical (unpaired) electrons. The minimum atomic E-state index is -4.49. The first-order valence-corrected chi connectivity index (χ1v) is 10.7. The van der Waals surface area contributed by atoms with Crippen molar-refractivity contribution in [3.05, 3.63) is 30.1 Å². The summed E-state index contributed by atoms with van der Waals surface area (Å²) < 4.78 is 56.2. The molecule has 2 amide bonds. The molecule has 0 aliphatic carbocycles. The monoisotopic (exact) mass is 487 g/mol. The third-order valence-corrected chi connectivity index (χ3v) is 5.54. The van der Waals surface area contributed by atoms with Crippen LogP contribution in [0.3, 0.4) is 0 Å². The normalized spacial score (nSPS) is 13.0. The van der Waals surface area contributed by atoms with Gasteiger partial charge in [0, 0.05) is 26.1 Å². The number of nitrogens with zero attached hydrogens (tertiary/aromatic N) is 3. The van der Waals surface area contributed by atoms with Crippen molar-refractivity contribution >= 4 is 28.0 Å². The van der Waals surface area contributed by atoms with E-state index in [4.69, 9.17) is 14.6 Å². The molecule has 2 aromatic heterocycles. The number of halogens is 1. The Labute approximate surface area is 188 Å². The lowest BCUT2D eigenvalue weighted by molar-refractivity contribution is -0.149. The molecule has 13 nitrogen and oxygen atoms in total. The highest BCUT2D eigenvalue weighted by Crippen LogP contribution is 2.20. The molecule has 0 aliphatic heterocycles. The number of hydrogen-bond acceptors (Lipinski definition) is 10.